The summed E-state index contributed by atoms with van der Waals surface area (Å²) in [6, 6.07) is -5.15. The van der Waals surface area contributed by atoms with Gasteiger partial charge in [0.15, 0.2) is 0 Å². The number of aliphatic carboxylic acids is 1. The Hall–Kier alpha value is -4.01. The lowest BCUT2D eigenvalue weighted by Crippen LogP contribution is -2.58. The molecule has 15 heteroatoms. The van der Waals surface area contributed by atoms with E-state index in [4.69, 9.17) is 17.2 Å². The van der Waals surface area contributed by atoms with Crippen LogP contribution in [-0.2, 0) is 35.2 Å². The van der Waals surface area contributed by atoms with Gasteiger partial charge in [0.2, 0.25) is 29.5 Å². The third-order valence-electron chi connectivity index (χ3n) is 5.00. The second-order valence-electron chi connectivity index (χ2n) is 8.71. The van der Waals surface area contributed by atoms with Crippen LogP contribution in [0.3, 0.4) is 0 Å². The Labute approximate surface area is 207 Å². The van der Waals surface area contributed by atoms with Gasteiger partial charge in [0.1, 0.15) is 18.1 Å². The van der Waals surface area contributed by atoms with Crippen LogP contribution in [-0.4, -0.2) is 74.7 Å². The van der Waals surface area contributed by atoms with Gasteiger partial charge in [-0.3, -0.25) is 24.0 Å². The zero-order chi connectivity index (χ0) is 27.4. The molecule has 200 valence electrons. The number of primary amides is 2. The molecule has 5 amide bonds. The molecular formula is C21H34N8O7. The Morgan fingerprint density at radius 3 is 2.03 bits per heavy atom. The molecule has 0 aliphatic carbocycles. The summed E-state index contributed by atoms with van der Waals surface area (Å²) in [6.45, 7) is 3.59. The maximum absolute atomic E-state index is 13.0. The number of hydrogen-bond donors (Lipinski definition) is 8. The van der Waals surface area contributed by atoms with Gasteiger partial charge in [-0.25, -0.2) is 9.78 Å². The predicted molar refractivity (Wildman–Crippen MR) is 125 cm³/mol. The first-order chi connectivity index (χ1) is 16.8. The van der Waals surface area contributed by atoms with Crippen molar-refractivity contribution in [1.82, 2.24) is 25.9 Å². The molecule has 4 unspecified atom stereocenters. The number of rotatable bonds is 16. The standard InChI is InChI=1S/C21H34N8O7/c1-10(2)5-15(21(35)36)29-20(34)14(6-11-8-25-9-26-11)28-19(33)13(3-4-16(23)30)27-18(32)12(22)7-17(24)31/h8-10,12-15H,3-7,22H2,1-2H3,(H2,23,30)(H2,24,31)(H,25,26)(H,27,32)(H,28,33)(H,29,34)(H,35,36). The van der Waals surface area contributed by atoms with Crippen molar-refractivity contribution in [2.75, 3.05) is 0 Å². The molecule has 0 radical (unpaired) electrons. The van der Waals surface area contributed by atoms with Crippen molar-refractivity contribution in [2.45, 2.75) is 70.1 Å². The molecule has 0 fully saturated rings. The van der Waals surface area contributed by atoms with Crippen LogP contribution in [0, 0.1) is 5.92 Å². The number of carboxylic acids is 1. The highest BCUT2D eigenvalue weighted by molar-refractivity contribution is 5.95. The van der Waals surface area contributed by atoms with Crippen LogP contribution in [0.15, 0.2) is 12.5 Å². The lowest BCUT2D eigenvalue weighted by Gasteiger charge is -2.25. The molecule has 0 spiro atoms. The van der Waals surface area contributed by atoms with E-state index in [1.54, 1.807) is 13.8 Å². The number of carbonyl (C=O) groups excluding carboxylic acids is 5. The number of carbonyl (C=O) groups is 6. The molecule has 1 aromatic heterocycles. The second-order valence-corrected chi connectivity index (χ2v) is 8.71. The van der Waals surface area contributed by atoms with Crippen LogP contribution >= 0.6 is 0 Å². The number of aromatic amines is 1. The Morgan fingerprint density at radius 1 is 0.944 bits per heavy atom. The average molecular weight is 511 g/mol. The van der Waals surface area contributed by atoms with E-state index in [9.17, 15) is 33.9 Å². The molecule has 15 nitrogen and oxygen atoms in total. The van der Waals surface area contributed by atoms with Crippen LogP contribution < -0.4 is 33.2 Å². The number of nitrogens with zero attached hydrogens (tertiary/aromatic N) is 1. The summed E-state index contributed by atoms with van der Waals surface area (Å²) >= 11 is 0. The number of carboxylic acid groups (broad SMARTS) is 1. The topological polar surface area (TPSA) is 265 Å². The Kier molecular flexibility index (Phi) is 12.0. The fourth-order valence-corrected chi connectivity index (χ4v) is 3.21. The van der Waals surface area contributed by atoms with E-state index < -0.39 is 66.1 Å². The molecular weight excluding hydrogens is 476 g/mol. The molecule has 36 heavy (non-hydrogen) atoms. The number of hydrogen-bond acceptors (Lipinski definition) is 8. The Bertz CT molecular complexity index is 935. The molecule has 1 rings (SSSR count). The van der Waals surface area contributed by atoms with E-state index >= 15 is 0 Å². The maximum Gasteiger partial charge on any atom is 0.326 e. The van der Waals surface area contributed by atoms with Gasteiger partial charge in [0.25, 0.3) is 0 Å². The van der Waals surface area contributed by atoms with Gasteiger partial charge in [-0.15, -0.1) is 0 Å². The smallest absolute Gasteiger partial charge is 0.326 e. The summed E-state index contributed by atoms with van der Waals surface area (Å²) in [4.78, 5) is 78.9. The lowest BCUT2D eigenvalue weighted by atomic mass is 10.0. The SMILES string of the molecule is CC(C)CC(NC(=O)C(Cc1cnc[nH]1)NC(=O)C(CCC(N)=O)NC(=O)C(N)CC(N)=O)C(=O)O. The maximum atomic E-state index is 13.0. The van der Waals surface area contributed by atoms with Gasteiger partial charge < -0.3 is 43.2 Å². The molecule has 11 N–H and O–H groups in total. The highest BCUT2D eigenvalue weighted by atomic mass is 16.4. The summed E-state index contributed by atoms with van der Waals surface area (Å²) in [6.07, 6.45) is 1.87. The predicted octanol–water partition coefficient (Wildman–Crippen LogP) is -2.99. The minimum absolute atomic E-state index is 0.0370. The first kappa shape index (κ1) is 30.0. The van der Waals surface area contributed by atoms with Gasteiger partial charge in [0, 0.05) is 24.7 Å². The molecule has 4 atom stereocenters. The molecule has 0 aliphatic rings. The van der Waals surface area contributed by atoms with Gasteiger partial charge in [-0.2, -0.15) is 0 Å². The van der Waals surface area contributed by atoms with Gasteiger partial charge in [-0.05, 0) is 18.8 Å². The summed E-state index contributed by atoms with van der Waals surface area (Å²) in [5.41, 5.74) is 16.3. The van der Waals surface area contributed by atoms with Crippen molar-refractivity contribution >= 4 is 35.5 Å². The number of amides is 5. The summed E-state index contributed by atoms with van der Waals surface area (Å²) in [5.74, 6) is -5.36. The Balaban J connectivity index is 3.09. The molecule has 0 saturated carbocycles. The third-order valence-corrected chi connectivity index (χ3v) is 5.00. The minimum atomic E-state index is -1.34. The fourth-order valence-electron chi connectivity index (χ4n) is 3.21. The van der Waals surface area contributed by atoms with Crippen molar-refractivity contribution in [3.8, 4) is 0 Å². The normalized spacial score (nSPS) is 14.2. The second kappa shape index (κ2) is 14.4. The van der Waals surface area contributed by atoms with Crippen molar-refractivity contribution in [1.29, 1.82) is 0 Å². The third kappa shape index (κ3) is 10.9. The van der Waals surface area contributed by atoms with E-state index in [0.29, 0.717) is 5.69 Å². The quantitative estimate of drug-likeness (QED) is 0.112. The van der Waals surface area contributed by atoms with E-state index in [1.807, 2.05) is 0 Å². The van der Waals surface area contributed by atoms with Crippen LogP contribution in [0.1, 0.15) is 45.2 Å². The number of nitrogens with two attached hydrogens (primary N) is 3. The fraction of sp³-hybridized carbons (Fsp3) is 0.571. The molecule has 0 bridgehead atoms. The summed E-state index contributed by atoms with van der Waals surface area (Å²) in [7, 11) is 0. The first-order valence-corrected chi connectivity index (χ1v) is 11.2. The minimum Gasteiger partial charge on any atom is -0.480 e. The highest BCUT2D eigenvalue weighted by Crippen LogP contribution is 2.08. The average Bonchev–Trinajstić information content (AvgIpc) is 3.27. The summed E-state index contributed by atoms with van der Waals surface area (Å²) in [5, 5.41) is 16.7. The number of nitrogens with one attached hydrogen (secondary N) is 4. The van der Waals surface area contributed by atoms with Crippen LogP contribution in [0.2, 0.25) is 0 Å². The first-order valence-electron chi connectivity index (χ1n) is 11.2. The van der Waals surface area contributed by atoms with Crippen LogP contribution in [0.4, 0.5) is 0 Å². The number of aromatic nitrogens is 2. The van der Waals surface area contributed by atoms with E-state index in [2.05, 4.69) is 25.9 Å². The monoisotopic (exact) mass is 510 g/mol. The van der Waals surface area contributed by atoms with E-state index in [-0.39, 0.29) is 31.6 Å². The largest absolute Gasteiger partial charge is 0.480 e. The van der Waals surface area contributed by atoms with Crippen LogP contribution in [0.5, 0.6) is 0 Å². The van der Waals surface area contributed by atoms with Crippen molar-refractivity contribution < 1.29 is 33.9 Å². The van der Waals surface area contributed by atoms with Crippen molar-refractivity contribution in [3.63, 3.8) is 0 Å². The van der Waals surface area contributed by atoms with E-state index in [1.165, 1.54) is 12.5 Å². The van der Waals surface area contributed by atoms with Crippen LogP contribution in [0.25, 0.3) is 0 Å². The van der Waals surface area contributed by atoms with E-state index in [0.717, 1.165) is 0 Å². The number of imidazole rings is 1. The zero-order valence-electron chi connectivity index (χ0n) is 20.2. The molecule has 0 aliphatic heterocycles. The molecule has 0 saturated heterocycles. The number of H-pyrrole nitrogens is 1. The molecule has 1 heterocycles. The molecule has 0 aromatic carbocycles. The van der Waals surface area contributed by atoms with Gasteiger partial charge in [0.05, 0.1) is 18.8 Å². The van der Waals surface area contributed by atoms with Gasteiger partial charge in [-0.1, -0.05) is 13.8 Å². The zero-order valence-corrected chi connectivity index (χ0v) is 20.2. The summed E-state index contributed by atoms with van der Waals surface area (Å²) < 4.78 is 0. The Morgan fingerprint density at radius 2 is 1.53 bits per heavy atom. The highest BCUT2D eigenvalue weighted by Gasteiger charge is 2.31. The molecule has 1 aromatic rings. The van der Waals surface area contributed by atoms with Crippen molar-refractivity contribution in [3.05, 3.63) is 18.2 Å². The lowest BCUT2D eigenvalue weighted by molar-refractivity contribution is -0.142. The van der Waals surface area contributed by atoms with Gasteiger partial charge >= 0.3 is 5.97 Å². The van der Waals surface area contributed by atoms with Crippen molar-refractivity contribution in [2.24, 2.45) is 23.1 Å².